The molecule has 0 amide bonds. The van der Waals surface area contributed by atoms with Crippen LogP contribution in [0.5, 0.6) is 5.75 Å². The maximum absolute atomic E-state index is 13.5. The van der Waals surface area contributed by atoms with Crippen molar-refractivity contribution < 1.29 is 17.5 Å². The smallest absolute Gasteiger partial charge is 0.165 e. The fraction of sp³-hybridized carbons (Fsp3) is 0.538. The van der Waals surface area contributed by atoms with Crippen molar-refractivity contribution >= 4 is 9.84 Å². The van der Waals surface area contributed by atoms with E-state index in [9.17, 15) is 12.8 Å². The normalized spacial score (nSPS) is 14.2. The molecule has 0 bridgehead atoms. The Morgan fingerprint density at radius 1 is 1.42 bits per heavy atom. The van der Waals surface area contributed by atoms with Crippen LogP contribution in [0.15, 0.2) is 18.2 Å². The Hall–Kier alpha value is -1.14. The van der Waals surface area contributed by atoms with Crippen LogP contribution in [0.3, 0.4) is 0 Å². The second kappa shape index (κ2) is 5.46. The summed E-state index contributed by atoms with van der Waals surface area (Å²) in [6.07, 6.45) is 1.43. The third-order valence-electron chi connectivity index (χ3n) is 3.52. The lowest BCUT2D eigenvalue weighted by molar-refractivity contribution is 0.386. The lowest BCUT2D eigenvalue weighted by atomic mass is 9.96. The van der Waals surface area contributed by atoms with Crippen molar-refractivity contribution in [3.05, 3.63) is 29.6 Å². The van der Waals surface area contributed by atoms with Crippen molar-refractivity contribution in [1.82, 2.24) is 0 Å². The van der Waals surface area contributed by atoms with Crippen molar-refractivity contribution in [1.29, 1.82) is 0 Å². The van der Waals surface area contributed by atoms with Gasteiger partial charge >= 0.3 is 0 Å². The summed E-state index contributed by atoms with van der Waals surface area (Å²) in [6, 6.07) is 3.89. The summed E-state index contributed by atoms with van der Waals surface area (Å²) in [7, 11) is -1.90. The van der Waals surface area contributed by atoms with E-state index >= 15 is 0 Å². The van der Waals surface area contributed by atoms with E-state index in [1.165, 1.54) is 19.2 Å². The van der Waals surface area contributed by atoms with Gasteiger partial charge in [0.05, 0.1) is 11.9 Å². The molecular weight excluding hydrogens is 269 g/mol. The topological polar surface area (TPSA) is 69.4 Å². The first-order chi connectivity index (χ1) is 8.59. The number of rotatable bonds is 5. The van der Waals surface area contributed by atoms with Gasteiger partial charge in [0.15, 0.2) is 21.4 Å². The van der Waals surface area contributed by atoms with Crippen molar-refractivity contribution in [2.24, 2.45) is 5.73 Å². The summed E-state index contributed by atoms with van der Waals surface area (Å²) in [5, 5.41) is 0. The van der Waals surface area contributed by atoms with Crippen LogP contribution in [0.4, 0.5) is 4.39 Å². The molecule has 1 aromatic carbocycles. The molecule has 0 aliphatic carbocycles. The summed E-state index contributed by atoms with van der Waals surface area (Å²) < 4.78 is 40.7. The standard InChI is InChI=1S/C13H20FNO3S/c1-13(2,19(4,16)17)12(15)8-9-5-6-11(18-3)10(14)7-9/h5-7,12H,8,15H2,1-4H3. The summed E-state index contributed by atoms with van der Waals surface area (Å²) in [5.41, 5.74) is 6.60. The molecule has 0 aliphatic heterocycles. The third-order valence-corrected chi connectivity index (χ3v) is 5.73. The van der Waals surface area contributed by atoms with E-state index in [0.717, 1.165) is 6.26 Å². The van der Waals surface area contributed by atoms with E-state index in [0.29, 0.717) is 5.56 Å². The highest BCUT2D eigenvalue weighted by Gasteiger charge is 2.36. The average Bonchev–Trinajstić information content (AvgIpc) is 2.27. The maximum Gasteiger partial charge on any atom is 0.165 e. The Labute approximate surface area is 113 Å². The molecule has 1 aromatic rings. The minimum Gasteiger partial charge on any atom is -0.494 e. The molecule has 6 heteroatoms. The summed E-state index contributed by atoms with van der Waals surface area (Å²) in [5.74, 6) is -0.330. The minimum absolute atomic E-state index is 0.152. The highest BCUT2D eigenvalue weighted by atomic mass is 32.2. The van der Waals surface area contributed by atoms with E-state index < -0.39 is 26.4 Å². The van der Waals surface area contributed by atoms with E-state index in [2.05, 4.69) is 0 Å². The fourth-order valence-electron chi connectivity index (χ4n) is 1.61. The molecule has 0 aliphatic rings. The summed E-state index contributed by atoms with van der Waals surface area (Å²) >= 11 is 0. The molecule has 0 radical (unpaired) electrons. The molecule has 0 saturated heterocycles. The summed E-state index contributed by atoms with van der Waals surface area (Å²) in [6.45, 7) is 3.15. The zero-order valence-corrected chi connectivity index (χ0v) is 12.4. The Morgan fingerprint density at radius 3 is 2.42 bits per heavy atom. The molecule has 1 unspecified atom stereocenters. The van der Waals surface area contributed by atoms with Crippen LogP contribution in [0.25, 0.3) is 0 Å². The van der Waals surface area contributed by atoms with Crippen molar-refractivity contribution in [2.45, 2.75) is 31.1 Å². The Kier molecular flexibility index (Phi) is 4.58. The number of benzene rings is 1. The van der Waals surface area contributed by atoms with Crippen molar-refractivity contribution in [2.75, 3.05) is 13.4 Å². The Bertz CT molecular complexity index is 555. The molecule has 108 valence electrons. The fourth-order valence-corrected chi connectivity index (χ4v) is 2.24. The van der Waals surface area contributed by atoms with Gasteiger partial charge in [0.25, 0.3) is 0 Å². The van der Waals surface area contributed by atoms with Crippen LogP contribution in [0.2, 0.25) is 0 Å². The van der Waals surface area contributed by atoms with Crippen molar-refractivity contribution in [3.63, 3.8) is 0 Å². The highest BCUT2D eigenvalue weighted by Crippen LogP contribution is 2.24. The second-order valence-corrected chi connectivity index (χ2v) is 7.75. The van der Waals surface area contributed by atoms with E-state index in [-0.39, 0.29) is 12.2 Å². The monoisotopic (exact) mass is 289 g/mol. The average molecular weight is 289 g/mol. The Balaban J connectivity index is 2.95. The minimum atomic E-state index is -3.29. The predicted molar refractivity (Wildman–Crippen MR) is 73.6 cm³/mol. The second-order valence-electron chi connectivity index (χ2n) is 5.16. The zero-order valence-electron chi connectivity index (χ0n) is 11.6. The number of halogens is 1. The van der Waals surface area contributed by atoms with Gasteiger partial charge in [0.2, 0.25) is 0 Å². The van der Waals surface area contributed by atoms with Gasteiger partial charge in [-0.2, -0.15) is 0 Å². The molecule has 0 fully saturated rings. The molecular formula is C13H20FNO3S. The van der Waals surface area contributed by atoms with E-state index in [1.807, 2.05) is 0 Å². The third kappa shape index (κ3) is 3.45. The maximum atomic E-state index is 13.5. The van der Waals surface area contributed by atoms with Gasteiger partial charge < -0.3 is 10.5 Å². The van der Waals surface area contributed by atoms with Crippen LogP contribution in [-0.4, -0.2) is 32.6 Å². The first-order valence-corrected chi connectivity index (χ1v) is 7.76. The number of nitrogens with two attached hydrogens (primary N) is 1. The molecule has 4 nitrogen and oxygen atoms in total. The highest BCUT2D eigenvalue weighted by molar-refractivity contribution is 7.92. The van der Waals surface area contributed by atoms with E-state index in [4.69, 9.17) is 10.5 Å². The van der Waals surface area contributed by atoms with E-state index in [1.54, 1.807) is 19.9 Å². The lowest BCUT2D eigenvalue weighted by Crippen LogP contribution is -2.49. The molecule has 2 N–H and O–H groups in total. The number of sulfone groups is 1. The molecule has 19 heavy (non-hydrogen) atoms. The van der Waals surface area contributed by atoms with Gasteiger partial charge in [0.1, 0.15) is 0 Å². The van der Waals surface area contributed by atoms with Gasteiger partial charge in [0, 0.05) is 12.3 Å². The van der Waals surface area contributed by atoms with Crippen LogP contribution < -0.4 is 10.5 Å². The first kappa shape index (κ1) is 15.9. The first-order valence-electron chi connectivity index (χ1n) is 5.87. The van der Waals surface area contributed by atoms with Crippen LogP contribution in [0, 0.1) is 5.82 Å². The number of methoxy groups -OCH3 is 1. The van der Waals surface area contributed by atoms with Crippen molar-refractivity contribution in [3.8, 4) is 5.75 Å². The van der Waals surface area contributed by atoms with Crippen LogP contribution in [-0.2, 0) is 16.3 Å². The molecule has 1 atom stereocenters. The molecule has 0 saturated carbocycles. The number of hydrogen-bond acceptors (Lipinski definition) is 4. The van der Waals surface area contributed by atoms with Gasteiger partial charge in [-0.25, -0.2) is 12.8 Å². The molecule has 0 heterocycles. The SMILES string of the molecule is COc1ccc(CC(N)C(C)(C)S(C)(=O)=O)cc1F. The van der Waals surface area contributed by atoms with Gasteiger partial charge in [-0.15, -0.1) is 0 Å². The molecule has 0 aromatic heterocycles. The molecule has 1 rings (SSSR count). The van der Waals surface area contributed by atoms with Gasteiger partial charge in [-0.3, -0.25) is 0 Å². The van der Waals surface area contributed by atoms with Crippen LogP contribution >= 0.6 is 0 Å². The number of ether oxygens (including phenoxy) is 1. The molecule has 0 spiro atoms. The Morgan fingerprint density at radius 2 is 2.00 bits per heavy atom. The zero-order chi connectivity index (χ0) is 14.8. The van der Waals surface area contributed by atoms with Crippen LogP contribution in [0.1, 0.15) is 19.4 Å². The largest absolute Gasteiger partial charge is 0.494 e. The predicted octanol–water partition coefficient (Wildman–Crippen LogP) is 1.53. The quantitative estimate of drug-likeness (QED) is 0.892. The van der Waals surface area contributed by atoms with Gasteiger partial charge in [-0.1, -0.05) is 6.07 Å². The summed E-state index contributed by atoms with van der Waals surface area (Å²) in [4.78, 5) is 0. The van der Waals surface area contributed by atoms with Gasteiger partial charge in [-0.05, 0) is 38.0 Å². The number of hydrogen-bond donors (Lipinski definition) is 1. The lowest BCUT2D eigenvalue weighted by Gasteiger charge is -2.29.